The van der Waals surface area contributed by atoms with Crippen LogP contribution in [0.2, 0.25) is 5.15 Å². The lowest BCUT2D eigenvalue weighted by Crippen LogP contribution is -2.62. The van der Waals surface area contributed by atoms with Gasteiger partial charge in [0.15, 0.2) is 10.9 Å². The van der Waals surface area contributed by atoms with E-state index < -0.39 is 23.8 Å². The summed E-state index contributed by atoms with van der Waals surface area (Å²) in [6, 6.07) is 0.141. The summed E-state index contributed by atoms with van der Waals surface area (Å²) in [4.78, 5) is 45.4. The van der Waals surface area contributed by atoms with Crippen LogP contribution in [0.25, 0.3) is 0 Å². The van der Waals surface area contributed by atoms with Gasteiger partial charge in [0.1, 0.15) is 11.6 Å². The largest absolute Gasteiger partial charge is 0.459 e. The van der Waals surface area contributed by atoms with Crippen molar-refractivity contribution in [2.45, 2.75) is 51.4 Å². The van der Waals surface area contributed by atoms with Gasteiger partial charge in [-0.2, -0.15) is 5.10 Å². The molecule has 3 amide bonds. The van der Waals surface area contributed by atoms with E-state index in [0.717, 1.165) is 5.56 Å². The Labute approximate surface area is 227 Å². The van der Waals surface area contributed by atoms with Crippen molar-refractivity contribution in [2.75, 3.05) is 32.7 Å². The lowest BCUT2D eigenvalue weighted by atomic mass is 9.98. The molecule has 2 aliphatic rings. The Kier molecular flexibility index (Phi) is 7.89. The van der Waals surface area contributed by atoms with Crippen molar-refractivity contribution >= 4 is 29.5 Å². The number of carbonyl (C=O) groups excluding carboxylic acids is 3. The standard InChI is InChI=1S/C26H35ClN6O5/c1-7-8-28-23(34)21(17-12-30(6)29-22(17)27)32-9-10-33(24(35)20-11-16(2)15-37-20)19-14-31(13-18(19)32)25(36)38-26(3,4)5/h7,11-12,15,18-19,21H,1,8-10,13-14H2,2-6H3,(H,28,34)/t18-,19+,21?/m0/s1. The van der Waals surface area contributed by atoms with E-state index in [2.05, 4.69) is 17.0 Å². The summed E-state index contributed by atoms with van der Waals surface area (Å²) in [6.07, 6.45) is 4.39. The molecule has 2 aromatic rings. The third kappa shape index (κ3) is 5.73. The number of aromatic nitrogens is 2. The highest BCUT2D eigenvalue weighted by atomic mass is 35.5. The monoisotopic (exact) mass is 546 g/mol. The first kappa shape index (κ1) is 27.7. The number of rotatable bonds is 6. The number of aryl methyl sites for hydroxylation is 2. The highest BCUT2D eigenvalue weighted by Gasteiger charge is 2.51. The van der Waals surface area contributed by atoms with E-state index in [4.69, 9.17) is 20.8 Å². The van der Waals surface area contributed by atoms with Gasteiger partial charge >= 0.3 is 6.09 Å². The third-order valence-corrected chi connectivity index (χ3v) is 6.94. The third-order valence-electron chi connectivity index (χ3n) is 6.64. The fourth-order valence-electron chi connectivity index (χ4n) is 5.09. The van der Waals surface area contributed by atoms with Gasteiger partial charge in [-0.1, -0.05) is 17.7 Å². The number of fused-ring (bicyclic) bond motifs is 1. The van der Waals surface area contributed by atoms with Crippen LogP contribution in [0.3, 0.4) is 0 Å². The molecule has 4 heterocycles. The fourth-order valence-corrected chi connectivity index (χ4v) is 5.36. The number of hydrogen-bond acceptors (Lipinski definition) is 7. The second-order valence-electron chi connectivity index (χ2n) is 10.7. The molecule has 2 saturated heterocycles. The zero-order chi connectivity index (χ0) is 27.8. The summed E-state index contributed by atoms with van der Waals surface area (Å²) in [7, 11) is 1.73. The van der Waals surface area contributed by atoms with E-state index in [0.29, 0.717) is 18.7 Å². The predicted molar refractivity (Wildman–Crippen MR) is 141 cm³/mol. The van der Waals surface area contributed by atoms with Gasteiger partial charge in [-0.25, -0.2) is 4.79 Å². The lowest BCUT2D eigenvalue weighted by molar-refractivity contribution is -0.128. The molecule has 0 spiro atoms. The minimum Gasteiger partial charge on any atom is -0.459 e. The number of halogens is 1. The zero-order valence-corrected chi connectivity index (χ0v) is 23.2. The van der Waals surface area contributed by atoms with Gasteiger partial charge in [-0.05, 0) is 39.3 Å². The van der Waals surface area contributed by atoms with Gasteiger partial charge in [0.05, 0.1) is 18.3 Å². The van der Waals surface area contributed by atoms with Crippen LogP contribution in [0.15, 0.2) is 35.6 Å². The van der Waals surface area contributed by atoms with Crippen molar-refractivity contribution in [1.82, 2.24) is 29.8 Å². The minimum absolute atomic E-state index is 0.217. The summed E-state index contributed by atoms with van der Waals surface area (Å²) in [5.74, 6) is -0.289. The highest BCUT2D eigenvalue weighted by molar-refractivity contribution is 6.30. The molecule has 206 valence electrons. The Balaban J connectivity index is 1.70. The van der Waals surface area contributed by atoms with Crippen molar-refractivity contribution < 1.29 is 23.5 Å². The van der Waals surface area contributed by atoms with Crippen LogP contribution in [0.4, 0.5) is 4.79 Å². The summed E-state index contributed by atoms with van der Waals surface area (Å²) >= 11 is 6.47. The van der Waals surface area contributed by atoms with E-state index in [1.54, 1.807) is 60.6 Å². The lowest BCUT2D eigenvalue weighted by Gasteiger charge is -2.46. The van der Waals surface area contributed by atoms with Crippen molar-refractivity contribution in [3.63, 3.8) is 0 Å². The molecule has 2 aromatic heterocycles. The van der Waals surface area contributed by atoms with E-state index >= 15 is 0 Å². The number of nitrogens with one attached hydrogen (secondary N) is 1. The Bertz CT molecular complexity index is 1220. The molecule has 3 atom stereocenters. The zero-order valence-electron chi connectivity index (χ0n) is 22.4. The number of carbonyl (C=O) groups is 3. The molecule has 2 aliphatic heterocycles. The number of ether oxygens (including phenoxy) is 1. The first-order chi connectivity index (χ1) is 17.9. The van der Waals surface area contributed by atoms with Crippen molar-refractivity contribution in [3.05, 3.63) is 53.2 Å². The Morgan fingerprint density at radius 3 is 2.58 bits per heavy atom. The fraction of sp³-hybridized carbons (Fsp3) is 0.538. The van der Waals surface area contributed by atoms with Gasteiger partial charge in [-0.3, -0.25) is 19.2 Å². The molecule has 2 fully saturated rings. The van der Waals surface area contributed by atoms with Gasteiger partial charge in [-0.15, -0.1) is 6.58 Å². The molecule has 4 rings (SSSR count). The van der Waals surface area contributed by atoms with Gasteiger partial charge in [0.25, 0.3) is 5.91 Å². The van der Waals surface area contributed by atoms with Crippen LogP contribution in [0.1, 0.15) is 48.5 Å². The molecule has 0 saturated carbocycles. The first-order valence-corrected chi connectivity index (χ1v) is 12.9. The Hall–Kier alpha value is -3.31. The number of piperazine rings is 1. The SMILES string of the molecule is C=CCNC(=O)C(c1cn(C)nc1Cl)N1CCN(C(=O)c2cc(C)co2)[C@@H]2CN(C(=O)OC(C)(C)C)C[C@@H]21. The van der Waals surface area contributed by atoms with Crippen LogP contribution >= 0.6 is 11.6 Å². The normalized spacial score (nSPS) is 20.7. The van der Waals surface area contributed by atoms with Crippen molar-refractivity contribution in [3.8, 4) is 0 Å². The molecule has 0 radical (unpaired) electrons. The minimum atomic E-state index is -0.787. The summed E-state index contributed by atoms with van der Waals surface area (Å²) in [5, 5.41) is 7.33. The number of nitrogens with zero attached hydrogens (tertiary/aromatic N) is 5. The van der Waals surface area contributed by atoms with Crippen molar-refractivity contribution in [2.24, 2.45) is 7.05 Å². The molecule has 38 heavy (non-hydrogen) atoms. The molecule has 0 aliphatic carbocycles. The molecular formula is C26H35ClN6O5. The van der Waals surface area contributed by atoms with Crippen LogP contribution in [0, 0.1) is 6.92 Å². The van der Waals surface area contributed by atoms with Crippen LogP contribution < -0.4 is 5.32 Å². The maximum Gasteiger partial charge on any atom is 0.410 e. The average Bonchev–Trinajstić information content (AvgIpc) is 3.55. The summed E-state index contributed by atoms with van der Waals surface area (Å²) in [5.41, 5.74) is 0.712. The maximum atomic E-state index is 13.5. The average molecular weight is 547 g/mol. The quantitative estimate of drug-likeness (QED) is 0.554. The molecular weight excluding hydrogens is 512 g/mol. The second kappa shape index (κ2) is 10.8. The highest BCUT2D eigenvalue weighted by Crippen LogP contribution is 2.36. The first-order valence-electron chi connectivity index (χ1n) is 12.6. The van der Waals surface area contributed by atoms with E-state index in [1.807, 2.05) is 11.8 Å². The van der Waals surface area contributed by atoms with E-state index in [9.17, 15) is 14.4 Å². The number of furan rings is 1. The second-order valence-corrected chi connectivity index (χ2v) is 11.1. The van der Waals surface area contributed by atoms with Gasteiger partial charge < -0.3 is 24.3 Å². The summed E-state index contributed by atoms with van der Waals surface area (Å²) < 4.78 is 12.7. The number of likely N-dealkylation sites (tertiary alicyclic amines) is 1. The smallest absolute Gasteiger partial charge is 0.410 e. The van der Waals surface area contributed by atoms with E-state index in [1.165, 1.54) is 6.26 Å². The predicted octanol–water partition coefficient (Wildman–Crippen LogP) is 2.76. The number of amides is 3. The van der Waals surface area contributed by atoms with Gasteiger partial charge in [0, 0.05) is 51.5 Å². The Morgan fingerprint density at radius 1 is 1.29 bits per heavy atom. The Morgan fingerprint density at radius 2 is 2.00 bits per heavy atom. The molecule has 11 nitrogen and oxygen atoms in total. The topological polar surface area (TPSA) is 113 Å². The van der Waals surface area contributed by atoms with Crippen LogP contribution in [-0.2, 0) is 16.6 Å². The molecule has 1 N–H and O–H groups in total. The van der Waals surface area contributed by atoms with E-state index in [-0.39, 0.29) is 48.4 Å². The molecule has 0 aromatic carbocycles. The summed E-state index contributed by atoms with van der Waals surface area (Å²) in [6.45, 7) is 12.4. The van der Waals surface area contributed by atoms with Gasteiger partial charge in [0.2, 0.25) is 5.91 Å². The van der Waals surface area contributed by atoms with Crippen LogP contribution in [-0.4, -0.2) is 92.8 Å². The molecule has 12 heteroatoms. The maximum absolute atomic E-state index is 13.5. The number of hydrogen-bond donors (Lipinski definition) is 1. The molecule has 1 unspecified atom stereocenters. The van der Waals surface area contributed by atoms with Crippen LogP contribution in [0.5, 0.6) is 0 Å². The molecule has 0 bridgehead atoms. The van der Waals surface area contributed by atoms with Crippen molar-refractivity contribution in [1.29, 1.82) is 0 Å².